The van der Waals surface area contributed by atoms with Gasteiger partial charge in [-0.2, -0.15) is 0 Å². The second kappa shape index (κ2) is 7.25. The van der Waals surface area contributed by atoms with E-state index in [0.29, 0.717) is 19.0 Å². The highest BCUT2D eigenvalue weighted by atomic mass is 19.1. The molecular weight excluding hydrogens is 265 g/mol. The molecule has 1 aromatic rings. The zero-order valence-electron chi connectivity index (χ0n) is 12.4. The Bertz CT molecular complexity index is 487. The Kier molecular flexibility index (Phi) is 5.37. The number of nitrogens with zero attached hydrogens (tertiary/aromatic N) is 1. The maximum Gasteiger partial charge on any atom is 0.188 e. The van der Waals surface area contributed by atoms with Crippen molar-refractivity contribution in [2.24, 2.45) is 10.7 Å². The van der Waals surface area contributed by atoms with Gasteiger partial charge in [0.1, 0.15) is 5.82 Å². The van der Waals surface area contributed by atoms with E-state index in [0.717, 1.165) is 12.8 Å². The van der Waals surface area contributed by atoms with E-state index >= 15 is 0 Å². The predicted octanol–water partition coefficient (Wildman–Crippen LogP) is 3.12. The van der Waals surface area contributed by atoms with Gasteiger partial charge in [0.05, 0.1) is 6.54 Å². The molecule has 1 aromatic carbocycles. The third-order valence-electron chi connectivity index (χ3n) is 4.25. The average Bonchev–Trinajstić information content (AvgIpc) is 2.52. The number of benzene rings is 1. The zero-order chi connectivity index (χ0) is 15.1. The second-order valence-electron chi connectivity index (χ2n) is 5.72. The van der Waals surface area contributed by atoms with E-state index in [9.17, 15) is 4.39 Å². The average molecular weight is 289 g/mol. The quantitative estimate of drug-likeness (QED) is 0.497. The van der Waals surface area contributed by atoms with Gasteiger partial charge >= 0.3 is 0 Å². The minimum Gasteiger partial charge on any atom is -0.370 e. The van der Waals surface area contributed by atoms with Gasteiger partial charge in [-0.15, -0.1) is 6.58 Å². The molecule has 0 radical (unpaired) electrons. The van der Waals surface area contributed by atoms with Crippen molar-refractivity contribution in [3.05, 3.63) is 48.3 Å². The van der Waals surface area contributed by atoms with Crippen LogP contribution in [0, 0.1) is 5.82 Å². The van der Waals surface area contributed by atoms with Crippen LogP contribution in [-0.2, 0) is 5.41 Å². The van der Waals surface area contributed by atoms with Crippen molar-refractivity contribution in [3.8, 4) is 0 Å². The lowest BCUT2D eigenvalue weighted by Crippen LogP contribution is -2.36. The van der Waals surface area contributed by atoms with Crippen LogP contribution in [-0.4, -0.2) is 19.0 Å². The van der Waals surface area contributed by atoms with Crippen LogP contribution in [0.1, 0.15) is 37.7 Å². The summed E-state index contributed by atoms with van der Waals surface area (Å²) < 4.78 is 13.2. The highest BCUT2D eigenvalue weighted by molar-refractivity contribution is 5.78. The highest BCUT2D eigenvalue weighted by Crippen LogP contribution is 2.39. The van der Waals surface area contributed by atoms with E-state index < -0.39 is 0 Å². The Morgan fingerprint density at radius 2 is 1.95 bits per heavy atom. The molecule has 0 unspecified atom stereocenters. The third kappa shape index (κ3) is 4.06. The zero-order valence-corrected chi connectivity index (χ0v) is 12.4. The molecule has 0 saturated heterocycles. The van der Waals surface area contributed by atoms with E-state index in [1.807, 2.05) is 12.1 Å². The first-order valence-electron chi connectivity index (χ1n) is 7.57. The minimum absolute atomic E-state index is 0.00751. The second-order valence-corrected chi connectivity index (χ2v) is 5.72. The molecule has 0 aromatic heterocycles. The Morgan fingerprint density at radius 1 is 1.29 bits per heavy atom. The summed E-state index contributed by atoms with van der Waals surface area (Å²) in [7, 11) is 0. The van der Waals surface area contributed by atoms with E-state index in [1.165, 1.54) is 37.0 Å². The first-order valence-corrected chi connectivity index (χ1v) is 7.57. The molecule has 1 aliphatic rings. The van der Waals surface area contributed by atoms with Crippen LogP contribution in [0.25, 0.3) is 0 Å². The summed E-state index contributed by atoms with van der Waals surface area (Å²) >= 11 is 0. The molecule has 0 atom stereocenters. The number of guanidine groups is 1. The van der Waals surface area contributed by atoms with Crippen LogP contribution in [0.2, 0.25) is 0 Å². The maximum atomic E-state index is 13.2. The van der Waals surface area contributed by atoms with Gasteiger partial charge in [0.15, 0.2) is 5.96 Å². The first-order chi connectivity index (χ1) is 10.2. The maximum absolute atomic E-state index is 13.2. The summed E-state index contributed by atoms with van der Waals surface area (Å²) in [6.07, 6.45) is 7.54. The van der Waals surface area contributed by atoms with Crippen LogP contribution in [0.15, 0.2) is 41.9 Å². The molecule has 3 N–H and O–H groups in total. The smallest absolute Gasteiger partial charge is 0.188 e. The van der Waals surface area contributed by atoms with Gasteiger partial charge in [-0.05, 0) is 30.5 Å². The summed E-state index contributed by atoms with van der Waals surface area (Å²) in [6.45, 7) is 4.90. The summed E-state index contributed by atoms with van der Waals surface area (Å²) in [5, 5.41) is 3.00. The highest BCUT2D eigenvalue weighted by Gasteiger charge is 2.33. The molecule has 1 fully saturated rings. The van der Waals surface area contributed by atoms with Gasteiger partial charge < -0.3 is 11.1 Å². The summed E-state index contributed by atoms with van der Waals surface area (Å²) in [5.41, 5.74) is 7.03. The van der Waals surface area contributed by atoms with E-state index in [1.54, 1.807) is 6.08 Å². The monoisotopic (exact) mass is 289 g/mol. The molecule has 2 rings (SSSR count). The van der Waals surface area contributed by atoms with Crippen molar-refractivity contribution in [1.29, 1.82) is 0 Å². The fourth-order valence-corrected chi connectivity index (χ4v) is 3.04. The van der Waals surface area contributed by atoms with Crippen LogP contribution in [0.5, 0.6) is 0 Å². The minimum atomic E-state index is -0.194. The third-order valence-corrected chi connectivity index (χ3v) is 4.25. The predicted molar refractivity (Wildman–Crippen MR) is 85.9 cm³/mol. The molecule has 114 valence electrons. The van der Waals surface area contributed by atoms with E-state index in [4.69, 9.17) is 5.73 Å². The van der Waals surface area contributed by atoms with Gasteiger partial charge in [0.25, 0.3) is 0 Å². The Balaban J connectivity index is 2.17. The van der Waals surface area contributed by atoms with Crippen LogP contribution in [0.4, 0.5) is 4.39 Å². The SMILES string of the molecule is C=CCNC(N)=NCC1(c2ccc(F)cc2)CCCCC1. The molecular formula is C17H24FN3. The Morgan fingerprint density at radius 3 is 2.57 bits per heavy atom. The Hall–Kier alpha value is -1.84. The molecule has 0 aliphatic heterocycles. The number of aliphatic imine (C=N–C) groups is 1. The van der Waals surface area contributed by atoms with Crippen molar-refractivity contribution in [2.45, 2.75) is 37.5 Å². The summed E-state index contributed by atoms with van der Waals surface area (Å²) in [4.78, 5) is 4.50. The number of nitrogens with one attached hydrogen (secondary N) is 1. The molecule has 0 spiro atoms. The van der Waals surface area contributed by atoms with Crippen LogP contribution >= 0.6 is 0 Å². The molecule has 4 heteroatoms. The standard InChI is InChI=1S/C17H24FN3/c1-2-12-20-16(19)21-13-17(10-4-3-5-11-17)14-6-8-15(18)9-7-14/h2,6-9H,1,3-5,10-13H2,(H3,19,20,21). The van der Waals surface area contributed by atoms with Crippen molar-refractivity contribution in [2.75, 3.05) is 13.1 Å². The Labute approximate surface area is 126 Å². The first kappa shape index (κ1) is 15.5. The van der Waals surface area contributed by atoms with Gasteiger partial charge in [0.2, 0.25) is 0 Å². The largest absolute Gasteiger partial charge is 0.370 e. The number of rotatable bonds is 5. The lowest BCUT2D eigenvalue weighted by Gasteiger charge is -2.36. The lowest BCUT2D eigenvalue weighted by atomic mass is 9.69. The van der Waals surface area contributed by atoms with Gasteiger partial charge in [-0.3, -0.25) is 4.99 Å². The molecule has 3 nitrogen and oxygen atoms in total. The molecule has 0 heterocycles. The molecule has 0 bridgehead atoms. The fourth-order valence-electron chi connectivity index (χ4n) is 3.04. The fraction of sp³-hybridized carbons (Fsp3) is 0.471. The van der Waals surface area contributed by atoms with Crippen molar-refractivity contribution in [3.63, 3.8) is 0 Å². The molecule has 1 saturated carbocycles. The van der Waals surface area contributed by atoms with E-state index in [2.05, 4.69) is 16.9 Å². The normalized spacial score (nSPS) is 18.2. The number of halogens is 1. The molecule has 1 aliphatic carbocycles. The van der Waals surface area contributed by atoms with Gasteiger partial charge in [-0.1, -0.05) is 37.5 Å². The van der Waals surface area contributed by atoms with E-state index in [-0.39, 0.29) is 11.2 Å². The van der Waals surface area contributed by atoms with Gasteiger partial charge in [0, 0.05) is 12.0 Å². The summed E-state index contributed by atoms with van der Waals surface area (Å²) in [5.74, 6) is 0.252. The topological polar surface area (TPSA) is 50.4 Å². The number of nitrogens with two attached hydrogens (primary N) is 1. The molecule has 21 heavy (non-hydrogen) atoms. The summed E-state index contributed by atoms with van der Waals surface area (Å²) in [6, 6.07) is 6.86. The lowest BCUT2D eigenvalue weighted by molar-refractivity contribution is 0.301. The van der Waals surface area contributed by atoms with Crippen molar-refractivity contribution in [1.82, 2.24) is 5.32 Å². The van der Waals surface area contributed by atoms with Gasteiger partial charge in [-0.25, -0.2) is 4.39 Å². The van der Waals surface area contributed by atoms with Crippen molar-refractivity contribution >= 4 is 5.96 Å². The number of hydrogen-bond donors (Lipinski definition) is 2. The number of hydrogen-bond acceptors (Lipinski definition) is 1. The van der Waals surface area contributed by atoms with Crippen LogP contribution < -0.4 is 11.1 Å². The molecule has 0 amide bonds. The van der Waals surface area contributed by atoms with Crippen LogP contribution in [0.3, 0.4) is 0 Å². The van der Waals surface area contributed by atoms with Crippen molar-refractivity contribution < 1.29 is 4.39 Å².